The number of amides is 1. The molecular weight excluding hydrogens is 254 g/mol. The normalized spacial score (nSPS) is 9.58. The van der Waals surface area contributed by atoms with Crippen LogP contribution in [0.25, 0.3) is 0 Å². The third kappa shape index (κ3) is 4.38. The van der Waals surface area contributed by atoms with Crippen LogP contribution in [0, 0.1) is 0 Å². The molecule has 1 aromatic carbocycles. The van der Waals surface area contributed by atoms with E-state index >= 15 is 0 Å². The first kappa shape index (κ1) is 14.6. The van der Waals surface area contributed by atoms with E-state index in [9.17, 15) is 9.59 Å². The number of carbonyl (C=O) groups excluding carboxylic acids is 1. The fourth-order valence-electron chi connectivity index (χ4n) is 1.34. The van der Waals surface area contributed by atoms with Crippen molar-refractivity contribution in [3.05, 3.63) is 18.2 Å². The molecule has 0 aliphatic carbocycles. The Bertz CT molecular complexity index is 460. The van der Waals surface area contributed by atoms with Gasteiger partial charge < -0.3 is 24.6 Å². The van der Waals surface area contributed by atoms with E-state index in [-0.39, 0.29) is 6.61 Å². The zero-order valence-electron chi connectivity index (χ0n) is 10.6. The summed E-state index contributed by atoms with van der Waals surface area (Å²) in [7, 11) is 2.94. The van der Waals surface area contributed by atoms with Crippen LogP contribution in [0.15, 0.2) is 18.2 Å². The van der Waals surface area contributed by atoms with Crippen LogP contribution in [0.1, 0.15) is 0 Å². The van der Waals surface area contributed by atoms with Gasteiger partial charge in [-0.1, -0.05) is 6.07 Å². The second kappa shape index (κ2) is 7.10. The van der Waals surface area contributed by atoms with E-state index in [0.717, 1.165) is 0 Å². The molecule has 19 heavy (non-hydrogen) atoms. The molecule has 0 heterocycles. The van der Waals surface area contributed by atoms with Gasteiger partial charge in [0, 0.05) is 0 Å². The number of carboxylic acids is 1. The highest BCUT2D eigenvalue weighted by atomic mass is 16.5. The Morgan fingerprint density at radius 1 is 1.21 bits per heavy atom. The number of carbonyl (C=O) groups is 2. The van der Waals surface area contributed by atoms with E-state index in [0.29, 0.717) is 17.2 Å². The quantitative estimate of drug-likeness (QED) is 0.738. The van der Waals surface area contributed by atoms with Crippen molar-refractivity contribution in [3.63, 3.8) is 0 Å². The maximum atomic E-state index is 11.3. The lowest BCUT2D eigenvalue weighted by Gasteiger charge is -2.13. The van der Waals surface area contributed by atoms with Crippen molar-refractivity contribution in [2.45, 2.75) is 0 Å². The van der Waals surface area contributed by atoms with Crippen molar-refractivity contribution in [2.24, 2.45) is 0 Å². The SMILES string of the molecule is COc1cccc(OCC(=O)NCC(=O)O)c1OC. The monoisotopic (exact) mass is 269 g/mol. The topological polar surface area (TPSA) is 94.1 Å². The number of hydrogen-bond donors (Lipinski definition) is 2. The molecule has 0 aliphatic heterocycles. The van der Waals surface area contributed by atoms with Gasteiger partial charge in [-0.3, -0.25) is 9.59 Å². The minimum absolute atomic E-state index is 0.309. The summed E-state index contributed by atoms with van der Waals surface area (Å²) in [6, 6.07) is 4.99. The predicted octanol–water partition coefficient (Wildman–Crippen LogP) is 0.283. The second-order valence-electron chi connectivity index (χ2n) is 3.45. The van der Waals surface area contributed by atoms with Gasteiger partial charge >= 0.3 is 5.97 Å². The highest BCUT2D eigenvalue weighted by Gasteiger charge is 2.12. The molecule has 0 spiro atoms. The lowest BCUT2D eigenvalue weighted by atomic mass is 10.3. The number of benzene rings is 1. The van der Waals surface area contributed by atoms with Gasteiger partial charge in [0.1, 0.15) is 6.54 Å². The number of rotatable bonds is 7. The number of carboxylic acid groups (broad SMARTS) is 1. The summed E-state index contributed by atoms with van der Waals surface area (Å²) in [5, 5.41) is 10.6. The molecule has 7 nitrogen and oxygen atoms in total. The smallest absolute Gasteiger partial charge is 0.322 e. The zero-order valence-corrected chi connectivity index (χ0v) is 10.6. The third-order valence-corrected chi connectivity index (χ3v) is 2.16. The van der Waals surface area contributed by atoms with Crippen LogP contribution in [0.3, 0.4) is 0 Å². The Morgan fingerprint density at radius 3 is 2.47 bits per heavy atom. The van der Waals surface area contributed by atoms with E-state index in [2.05, 4.69) is 5.32 Å². The number of ether oxygens (including phenoxy) is 3. The van der Waals surface area contributed by atoms with Crippen molar-refractivity contribution < 1.29 is 28.9 Å². The summed E-state index contributed by atoms with van der Waals surface area (Å²) in [6.45, 7) is -0.756. The molecule has 0 saturated heterocycles. The van der Waals surface area contributed by atoms with Crippen molar-refractivity contribution in [3.8, 4) is 17.2 Å². The van der Waals surface area contributed by atoms with Gasteiger partial charge in [-0.2, -0.15) is 0 Å². The van der Waals surface area contributed by atoms with Crippen LogP contribution in [0.2, 0.25) is 0 Å². The number of para-hydroxylation sites is 1. The Labute approximate surface area is 110 Å². The van der Waals surface area contributed by atoms with Crippen molar-refractivity contribution in [2.75, 3.05) is 27.4 Å². The van der Waals surface area contributed by atoms with Gasteiger partial charge in [0.15, 0.2) is 18.1 Å². The Balaban J connectivity index is 2.62. The second-order valence-corrected chi connectivity index (χ2v) is 3.45. The molecule has 2 N–H and O–H groups in total. The fraction of sp³-hybridized carbons (Fsp3) is 0.333. The Morgan fingerprint density at radius 2 is 1.89 bits per heavy atom. The molecule has 0 aliphatic rings. The minimum Gasteiger partial charge on any atom is -0.493 e. The van der Waals surface area contributed by atoms with Gasteiger partial charge in [0.25, 0.3) is 5.91 Å². The zero-order chi connectivity index (χ0) is 14.3. The molecule has 0 unspecified atom stereocenters. The summed E-state index contributed by atoms with van der Waals surface area (Å²) in [6.07, 6.45) is 0. The molecule has 0 fully saturated rings. The summed E-state index contributed by atoms with van der Waals surface area (Å²) in [5.41, 5.74) is 0. The average molecular weight is 269 g/mol. The first-order valence-corrected chi connectivity index (χ1v) is 5.40. The summed E-state index contributed by atoms with van der Waals surface area (Å²) in [5.74, 6) is -0.464. The highest BCUT2D eigenvalue weighted by molar-refractivity contribution is 5.82. The van der Waals surface area contributed by atoms with Gasteiger partial charge in [0.2, 0.25) is 5.75 Å². The van der Waals surface area contributed by atoms with Crippen LogP contribution in [0.5, 0.6) is 17.2 Å². The molecule has 0 aromatic heterocycles. The number of methoxy groups -OCH3 is 2. The van der Waals surface area contributed by atoms with Crippen LogP contribution in [-0.2, 0) is 9.59 Å². The summed E-state index contributed by atoms with van der Waals surface area (Å²) in [4.78, 5) is 21.6. The molecule has 1 rings (SSSR count). The van der Waals surface area contributed by atoms with Crippen LogP contribution >= 0.6 is 0 Å². The number of nitrogens with one attached hydrogen (secondary N) is 1. The fourth-order valence-corrected chi connectivity index (χ4v) is 1.34. The predicted molar refractivity (Wildman–Crippen MR) is 65.7 cm³/mol. The molecule has 0 atom stereocenters. The lowest BCUT2D eigenvalue weighted by Crippen LogP contribution is -2.33. The van der Waals surface area contributed by atoms with Gasteiger partial charge in [-0.05, 0) is 12.1 Å². The molecule has 0 saturated carbocycles. The van der Waals surface area contributed by atoms with Crippen LogP contribution < -0.4 is 19.5 Å². The molecule has 7 heteroatoms. The van der Waals surface area contributed by atoms with Crippen LogP contribution in [0.4, 0.5) is 0 Å². The number of hydrogen-bond acceptors (Lipinski definition) is 5. The molecule has 0 radical (unpaired) electrons. The summed E-state index contributed by atoms with van der Waals surface area (Å²) < 4.78 is 15.5. The standard InChI is InChI=1S/C12H15NO6/c1-17-8-4-3-5-9(12(8)18-2)19-7-10(14)13-6-11(15)16/h3-5H,6-7H2,1-2H3,(H,13,14)(H,15,16). The molecule has 1 aromatic rings. The van der Waals surface area contributed by atoms with Crippen molar-refractivity contribution in [1.82, 2.24) is 5.32 Å². The molecule has 104 valence electrons. The van der Waals surface area contributed by atoms with E-state index in [4.69, 9.17) is 19.3 Å². The molecule has 1 amide bonds. The lowest BCUT2D eigenvalue weighted by molar-refractivity contribution is -0.138. The Kier molecular flexibility index (Phi) is 5.46. The Hall–Kier alpha value is -2.44. The first-order chi connectivity index (χ1) is 9.08. The molecule has 0 bridgehead atoms. The highest BCUT2D eigenvalue weighted by Crippen LogP contribution is 2.36. The van der Waals surface area contributed by atoms with E-state index in [1.54, 1.807) is 18.2 Å². The van der Waals surface area contributed by atoms with Gasteiger partial charge in [0.05, 0.1) is 14.2 Å². The maximum Gasteiger partial charge on any atom is 0.322 e. The largest absolute Gasteiger partial charge is 0.493 e. The third-order valence-electron chi connectivity index (χ3n) is 2.16. The minimum atomic E-state index is -1.12. The van der Waals surface area contributed by atoms with E-state index in [1.165, 1.54) is 14.2 Å². The average Bonchev–Trinajstić information content (AvgIpc) is 2.42. The van der Waals surface area contributed by atoms with Gasteiger partial charge in [-0.15, -0.1) is 0 Å². The van der Waals surface area contributed by atoms with Crippen molar-refractivity contribution in [1.29, 1.82) is 0 Å². The maximum absolute atomic E-state index is 11.3. The first-order valence-electron chi connectivity index (χ1n) is 5.40. The number of aliphatic carboxylic acids is 1. The summed E-state index contributed by atoms with van der Waals surface area (Å²) >= 11 is 0. The van der Waals surface area contributed by atoms with E-state index in [1.807, 2.05) is 0 Å². The van der Waals surface area contributed by atoms with E-state index < -0.39 is 18.4 Å². The van der Waals surface area contributed by atoms with Gasteiger partial charge in [-0.25, -0.2) is 0 Å². The molecular formula is C12H15NO6. The van der Waals surface area contributed by atoms with Crippen molar-refractivity contribution >= 4 is 11.9 Å². The van der Waals surface area contributed by atoms with Crippen LogP contribution in [-0.4, -0.2) is 44.4 Å².